The average molecular weight is 351 g/mol. The van der Waals surface area contributed by atoms with E-state index in [9.17, 15) is 4.79 Å². The second-order valence-electron chi connectivity index (χ2n) is 5.43. The van der Waals surface area contributed by atoms with Gasteiger partial charge in [-0.05, 0) is 43.4 Å². The zero-order valence-corrected chi connectivity index (χ0v) is 14.5. The molecule has 25 heavy (non-hydrogen) atoms. The lowest BCUT2D eigenvalue weighted by Crippen LogP contribution is -2.37. The molecule has 0 aliphatic carbocycles. The van der Waals surface area contributed by atoms with Crippen LogP contribution in [0.15, 0.2) is 60.7 Å². The number of benzene rings is 2. The lowest BCUT2D eigenvalue weighted by molar-refractivity contribution is -0.121. The first-order valence-corrected chi connectivity index (χ1v) is 8.18. The Morgan fingerprint density at radius 3 is 2.68 bits per heavy atom. The van der Waals surface area contributed by atoms with E-state index >= 15 is 0 Å². The summed E-state index contributed by atoms with van der Waals surface area (Å²) in [5.41, 5.74) is 2.46. The molecule has 1 aromatic heterocycles. The van der Waals surface area contributed by atoms with Gasteiger partial charge < -0.3 is 10.1 Å². The lowest BCUT2D eigenvalue weighted by Gasteiger charge is -2.12. The predicted octanol–water partition coefficient (Wildman–Crippen LogP) is 3.44. The summed E-state index contributed by atoms with van der Waals surface area (Å²) >= 11 is 5.21. The number of nitrogens with one attached hydrogen (secondary N) is 2. The fraction of sp³-hybridized carbons (Fsp3) is 0.105. The number of thiocarbonyl (C=S) groups is 1. The second-order valence-corrected chi connectivity index (χ2v) is 5.84. The summed E-state index contributed by atoms with van der Waals surface area (Å²) in [5.74, 6) is 0.302. The summed E-state index contributed by atoms with van der Waals surface area (Å²) in [6.45, 7) is 1.82. The zero-order chi connectivity index (χ0) is 17.6. The van der Waals surface area contributed by atoms with Crippen LogP contribution in [0.2, 0.25) is 0 Å². The summed E-state index contributed by atoms with van der Waals surface area (Å²) in [6.07, 6.45) is 0. The van der Waals surface area contributed by atoms with Crippen LogP contribution in [0.5, 0.6) is 5.75 Å². The van der Waals surface area contributed by atoms with Crippen LogP contribution >= 0.6 is 12.2 Å². The minimum Gasteiger partial charge on any atom is -0.484 e. The summed E-state index contributed by atoms with van der Waals surface area (Å²) in [6, 6.07) is 18.8. The molecule has 0 unspecified atom stereocenters. The van der Waals surface area contributed by atoms with Crippen molar-refractivity contribution in [3.05, 3.63) is 66.4 Å². The first-order chi connectivity index (χ1) is 12.1. The van der Waals surface area contributed by atoms with Crippen molar-refractivity contribution in [3.8, 4) is 5.75 Å². The Morgan fingerprint density at radius 2 is 1.88 bits per heavy atom. The molecule has 126 valence electrons. The molecular weight excluding hydrogens is 334 g/mol. The van der Waals surface area contributed by atoms with Crippen molar-refractivity contribution in [2.45, 2.75) is 6.92 Å². The van der Waals surface area contributed by atoms with Crippen LogP contribution in [-0.2, 0) is 4.79 Å². The van der Waals surface area contributed by atoms with E-state index in [1.165, 1.54) is 0 Å². The normalized spacial score (nSPS) is 10.3. The fourth-order valence-corrected chi connectivity index (χ4v) is 2.55. The SMILES string of the molecule is Cc1ccc2cccc(NC(=S)NC(=O)COc3ccccc3)c2n1. The van der Waals surface area contributed by atoms with E-state index < -0.39 is 0 Å². The standard InChI is InChI=1S/C19H17N3O2S/c1-13-10-11-14-6-5-9-16(18(14)20-13)21-19(25)22-17(23)12-24-15-7-3-2-4-8-15/h2-11H,12H2,1H3,(H2,21,22,23,25). The van der Waals surface area contributed by atoms with Crippen molar-refractivity contribution in [3.63, 3.8) is 0 Å². The number of ether oxygens (including phenoxy) is 1. The maximum Gasteiger partial charge on any atom is 0.264 e. The molecule has 2 N–H and O–H groups in total. The number of rotatable bonds is 4. The van der Waals surface area contributed by atoms with Gasteiger partial charge in [-0.1, -0.05) is 36.4 Å². The number of pyridine rings is 1. The molecule has 0 radical (unpaired) electrons. The first kappa shape index (κ1) is 16.9. The molecule has 0 aliphatic rings. The van der Waals surface area contributed by atoms with Gasteiger partial charge >= 0.3 is 0 Å². The van der Waals surface area contributed by atoms with E-state index in [1.54, 1.807) is 12.1 Å². The zero-order valence-electron chi connectivity index (χ0n) is 13.7. The number of aromatic nitrogens is 1. The molecule has 0 aliphatic heterocycles. The van der Waals surface area contributed by atoms with Gasteiger partial charge in [0.1, 0.15) is 5.75 Å². The Kier molecular flexibility index (Phi) is 5.20. The molecule has 1 heterocycles. The number of carbonyl (C=O) groups excluding carboxylic acids is 1. The van der Waals surface area contributed by atoms with Crippen molar-refractivity contribution in [2.75, 3.05) is 11.9 Å². The minimum absolute atomic E-state index is 0.112. The largest absolute Gasteiger partial charge is 0.484 e. The number of aryl methyl sites for hydroxylation is 1. The summed E-state index contributed by atoms with van der Waals surface area (Å²) < 4.78 is 5.39. The van der Waals surface area contributed by atoms with Crippen LogP contribution in [0.1, 0.15) is 5.69 Å². The van der Waals surface area contributed by atoms with Gasteiger partial charge in [-0.2, -0.15) is 0 Å². The molecule has 3 aromatic rings. The Morgan fingerprint density at radius 1 is 1.08 bits per heavy atom. The highest BCUT2D eigenvalue weighted by Gasteiger charge is 2.08. The Labute approximate surface area is 151 Å². The molecule has 5 nitrogen and oxygen atoms in total. The number of hydrogen-bond donors (Lipinski definition) is 2. The molecule has 1 amide bonds. The third kappa shape index (κ3) is 4.51. The number of hydrogen-bond acceptors (Lipinski definition) is 4. The number of fused-ring (bicyclic) bond motifs is 1. The van der Waals surface area contributed by atoms with Crippen molar-refractivity contribution in [1.29, 1.82) is 0 Å². The molecule has 0 saturated heterocycles. The van der Waals surface area contributed by atoms with Crippen LogP contribution in [0, 0.1) is 6.92 Å². The topological polar surface area (TPSA) is 63.2 Å². The van der Waals surface area contributed by atoms with Crippen LogP contribution in [0.4, 0.5) is 5.69 Å². The number of nitrogens with zero attached hydrogens (tertiary/aromatic N) is 1. The average Bonchev–Trinajstić information content (AvgIpc) is 2.61. The fourth-order valence-electron chi connectivity index (χ4n) is 2.33. The van der Waals surface area contributed by atoms with Crippen molar-refractivity contribution >= 4 is 39.8 Å². The molecular formula is C19H17N3O2S. The van der Waals surface area contributed by atoms with Gasteiger partial charge in [-0.15, -0.1) is 0 Å². The highest BCUT2D eigenvalue weighted by Crippen LogP contribution is 2.21. The monoisotopic (exact) mass is 351 g/mol. The maximum absolute atomic E-state index is 12.0. The predicted molar refractivity (Wildman–Crippen MR) is 103 cm³/mol. The van der Waals surface area contributed by atoms with E-state index in [0.717, 1.165) is 22.3 Å². The Bertz CT molecular complexity index is 913. The minimum atomic E-state index is -0.328. The van der Waals surface area contributed by atoms with E-state index in [0.29, 0.717) is 5.75 Å². The Hall–Kier alpha value is -2.99. The lowest BCUT2D eigenvalue weighted by atomic mass is 10.2. The van der Waals surface area contributed by atoms with Gasteiger partial charge in [-0.25, -0.2) is 0 Å². The summed E-state index contributed by atoms with van der Waals surface area (Å²) in [4.78, 5) is 16.5. The van der Waals surface area contributed by atoms with E-state index in [4.69, 9.17) is 17.0 Å². The summed E-state index contributed by atoms with van der Waals surface area (Å²) in [7, 11) is 0. The van der Waals surface area contributed by atoms with E-state index in [-0.39, 0.29) is 17.6 Å². The van der Waals surface area contributed by atoms with Crippen LogP contribution in [0.3, 0.4) is 0 Å². The molecule has 3 rings (SSSR count). The highest BCUT2D eigenvalue weighted by molar-refractivity contribution is 7.80. The van der Waals surface area contributed by atoms with Gasteiger partial charge in [0, 0.05) is 11.1 Å². The molecule has 2 aromatic carbocycles. The molecule has 0 bridgehead atoms. The number of para-hydroxylation sites is 2. The van der Waals surface area contributed by atoms with Crippen LogP contribution < -0.4 is 15.4 Å². The second kappa shape index (κ2) is 7.72. The van der Waals surface area contributed by atoms with Gasteiger partial charge in [0.2, 0.25) is 0 Å². The quantitative estimate of drug-likeness (QED) is 0.705. The number of amides is 1. The summed E-state index contributed by atoms with van der Waals surface area (Å²) in [5, 5.41) is 6.83. The highest BCUT2D eigenvalue weighted by atomic mass is 32.1. The van der Waals surface area contributed by atoms with Gasteiger partial charge in [0.25, 0.3) is 5.91 Å². The smallest absolute Gasteiger partial charge is 0.264 e. The Balaban J connectivity index is 1.61. The maximum atomic E-state index is 12.0. The molecule has 0 fully saturated rings. The van der Waals surface area contributed by atoms with Crippen LogP contribution in [0.25, 0.3) is 10.9 Å². The number of carbonyl (C=O) groups is 1. The van der Waals surface area contributed by atoms with E-state index in [2.05, 4.69) is 15.6 Å². The van der Waals surface area contributed by atoms with Gasteiger partial charge in [0.05, 0.1) is 11.2 Å². The molecule has 0 saturated carbocycles. The van der Waals surface area contributed by atoms with Crippen molar-refractivity contribution in [2.24, 2.45) is 0 Å². The first-order valence-electron chi connectivity index (χ1n) is 7.77. The molecule has 0 atom stereocenters. The van der Waals surface area contributed by atoms with Gasteiger partial charge in [0.15, 0.2) is 11.7 Å². The van der Waals surface area contributed by atoms with Crippen molar-refractivity contribution in [1.82, 2.24) is 10.3 Å². The molecule has 6 heteroatoms. The third-order valence-corrected chi connectivity index (χ3v) is 3.68. The van der Waals surface area contributed by atoms with Crippen molar-refractivity contribution < 1.29 is 9.53 Å². The third-order valence-electron chi connectivity index (χ3n) is 3.47. The van der Waals surface area contributed by atoms with E-state index in [1.807, 2.05) is 55.5 Å². The van der Waals surface area contributed by atoms with Crippen LogP contribution in [-0.4, -0.2) is 22.6 Å². The number of anilines is 1. The van der Waals surface area contributed by atoms with Gasteiger partial charge in [-0.3, -0.25) is 15.1 Å². The molecule has 0 spiro atoms.